The molecular weight excluding hydrogens is 422 g/mol. The highest BCUT2D eigenvalue weighted by Crippen LogP contribution is 2.44. The van der Waals surface area contributed by atoms with Crippen LogP contribution in [0.25, 0.3) is 27.7 Å². The molecule has 0 aliphatic rings. The number of hydrogen-bond donors (Lipinski definition) is 2. The fourth-order valence-electron chi connectivity index (χ4n) is 3.80. The Morgan fingerprint density at radius 3 is 2.24 bits per heavy atom. The smallest absolute Gasteiger partial charge is 0.358 e. The third kappa shape index (κ3) is 3.87. The molecule has 168 valence electrons. The molecule has 1 heterocycles. The van der Waals surface area contributed by atoms with Crippen LogP contribution in [0, 0.1) is 0 Å². The van der Waals surface area contributed by atoms with E-state index in [1.807, 2.05) is 42.5 Å². The molecule has 2 N–H and O–H groups in total. The number of methoxy groups -OCH3 is 2. The molecule has 0 aliphatic heterocycles. The maximum atomic E-state index is 12.4. The highest BCUT2D eigenvalue weighted by atomic mass is 16.5. The van der Waals surface area contributed by atoms with E-state index >= 15 is 0 Å². The van der Waals surface area contributed by atoms with E-state index in [0.29, 0.717) is 28.4 Å². The highest BCUT2D eigenvalue weighted by Gasteiger charge is 2.30. The van der Waals surface area contributed by atoms with Crippen LogP contribution < -0.4 is 14.8 Å². The minimum absolute atomic E-state index is 0.0742. The molecule has 0 saturated heterocycles. The molecule has 3 aromatic carbocycles. The zero-order chi connectivity index (χ0) is 23.5. The second kappa shape index (κ2) is 9.04. The first kappa shape index (κ1) is 21.9. The predicted molar refractivity (Wildman–Crippen MR) is 125 cm³/mol. The summed E-state index contributed by atoms with van der Waals surface area (Å²) < 4.78 is 12.7. The van der Waals surface area contributed by atoms with Crippen LogP contribution in [-0.2, 0) is 4.79 Å². The Morgan fingerprint density at radius 1 is 0.970 bits per heavy atom. The Hall–Kier alpha value is -4.33. The number of carbonyl (C=O) groups excluding carboxylic acids is 1. The van der Waals surface area contributed by atoms with Crippen molar-refractivity contribution in [2.45, 2.75) is 13.3 Å². The van der Waals surface area contributed by atoms with Gasteiger partial charge >= 0.3 is 5.97 Å². The highest BCUT2D eigenvalue weighted by molar-refractivity contribution is 6.05. The monoisotopic (exact) mass is 445 g/mol. The van der Waals surface area contributed by atoms with Gasteiger partial charge in [-0.3, -0.25) is 4.79 Å². The van der Waals surface area contributed by atoms with Gasteiger partial charge in [-0.05, 0) is 23.6 Å². The number of benzene rings is 3. The summed E-state index contributed by atoms with van der Waals surface area (Å²) in [5.74, 6) is -0.722. The number of aromatic carboxylic acids is 1. The number of nitrogens with one attached hydrogen (secondary N) is 1. The van der Waals surface area contributed by atoms with Crippen molar-refractivity contribution in [3.05, 3.63) is 66.4 Å². The molecule has 33 heavy (non-hydrogen) atoms. The maximum absolute atomic E-state index is 12.4. The maximum Gasteiger partial charge on any atom is 0.358 e. The van der Waals surface area contributed by atoms with E-state index < -0.39 is 5.97 Å². The number of ether oxygens (including phenoxy) is 2. The number of fused-ring (bicyclic) bond motifs is 1. The Morgan fingerprint density at radius 2 is 1.61 bits per heavy atom. The summed E-state index contributed by atoms with van der Waals surface area (Å²) in [5, 5.41) is 19.0. The first-order chi connectivity index (χ1) is 16.0. The van der Waals surface area contributed by atoms with E-state index in [1.165, 1.54) is 18.9 Å². The van der Waals surface area contributed by atoms with Gasteiger partial charge in [-0.25, -0.2) is 9.48 Å². The van der Waals surface area contributed by atoms with Gasteiger partial charge in [-0.15, -0.1) is 0 Å². The lowest BCUT2D eigenvalue weighted by Crippen LogP contribution is -2.13. The lowest BCUT2D eigenvalue weighted by Gasteiger charge is -2.17. The quantitative estimate of drug-likeness (QED) is 0.425. The minimum Gasteiger partial charge on any atom is -0.496 e. The Balaban J connectivity index is 2.16. The Bertz CT molecular complexity index is 1330. The van der Waals surface area contributed by atoms with Crippen LogP contribution in [-0.4, -0.2) is 41.0 Å². The van der Waals surface area contributed by atoms with E-state index in [9.17, 15) is 14.7 Å². The summed E-state index contributed by atoms with van der Waals surface area (Å²) in [6.07, 6.45) is 0.168. The standard InChI is InChI=1S/C25H23N3O5/c1-4-20(29)26-22-23(25(30)31)27-28(17-12-7-10-15-9-5-6-11-16(15)17)24(22)21-18(32-2)13-8-14-19(21)33-3/h5-14H,4H2,1-3H3,(H,26,29)(H,30,31). The van der Waals surface area contributed by atoms with Gasteiger partial charge in [-0.2, -0.15) is 5.10 Å². The van der Waals surface area contributed by atoms with Crippen molar-refractivity contribution in [3.8, 4) is 28.4 Å². The molecule has 8 heteroatoms. The van der Waals surface area contributed by atoms with Crippen LogP contribution in [0.3, 0.4) is 0 Å². The van der Waals surface area contributed by atoms with Crippen LogP contribution in [0.15, 0.2) is 60.7 Å². The first-order valence-electron chi connectivity index (χ1n) is 10.4. The normalized spacial score (nSPS) is 10.8. The predicted octanol–water partition coefficient (Wildman–Crippen LogP) is 4.76. The van der Waals surface area contributed by atoms with Gasteiger partial charge in [0.25, 0.3) is 0 Å². The van der Waals surface area contributed by atoms with E-state index in [2.05, 4.69) is 10.4 Å². The van der Waals surface area contributed by atoms with Crippen LogP contribution in [0.1, 0.15) is 23.8 Å². The van der Waals surface area contributed by atoms with E-state index in [-0.39, 0.29) is 23.7 Å². The van der Waals surface area contributed by atoms with Crippen molar-refractivity contribution in [2.24, 2.45) is 0 Å². The van der Waals surface area contributed by atoms with Gasteiger partial charge in [-0.1, -0.05) is 49.4 Å². The van der Waals surface area contributed by atoms with Gasteiger partial charge in [0.1, 0.15) is 22.9 Å². The van der Waals surface area contributed by atoms with Crippen LogP contribution in [0.5, 0.6) is 11.5 Å². The molecule has 0 saturated carbocycles. The van der Waals surface area contributed by atoms with Crippen molar-refractivity contribution in [2.75, 3.05) is 19.5 Å². The average Bonchev–Trinajstić information content (AvgIpc) is 3.21. The zero-order valence-electron chi connectivity index (χ0n) is 18.5. The fraction of sp³-hybridized carbons (Fsp3) is 0.160. The number of amides is 1. The fourth-order valence-corrected chi connectivity index (χ4v) is 3.80. The number of carboxylic acid groups (broad SMARTS) is 1. The van der Waals surface area contributed by atoms with E-state index in [1.54, 1.807) is 25.1 Å². The van der Waals surface area contributed by atoms with Crippen LogP contribution in [0.2, 0.25) is 0 Å². The van der Waals surface area contributed by atoms with E-state index in [0.717, 1.165) is 10.8 Å². The Labute approximate surface area is 190 Å². The van der Waals surface area contributed by atoms with Crippen molar-refractivity contribution >= 4 is 28.3 Å². The van der Waals surface area contributed by atoms with Gasteiger partial charge in [0.2, 0.25) is 5.91 Å². The van der Waals surface area contributed by atoms with Gasteiger partial charge in [0.05, 0.1) is 25.5 Å². The molecule has 1 aromatic heterocycles. The number of rotatable bonds is 7. The molecule has 0 aliphatic carbocycles. The molecule has 0 bridgehead atoms. The first-order valence-corrected chi connectivity index (χ1v) is 10.4. The third-order valence-electron chi connectivity index (χ3n) is 5.33. The molecule has 8 nitrogen and oxygen atoms in total. The molecule has 4 rings (SSSR count). The second-order valence-corrected chi connectivity index (χ2v) is 7.23. The van der Waals surface area contributed by atoms with E-state index in [4.69, 9.17) is 9.47 Å². The summed E-state index contributed by atoms with van der Waals surface area (Å²) in [7, 11) is 3.03. The SMILES string of the molecule is CCC(=O)Nc1c(C(=O)O)nn(-c2cccc3ccccc23)c1-c1c(OC)cccc1OC. The molecule has 0 fully saturated rings. The second-order valence-electron chi connectivity index (χ2n) is 7.23. The number of hydrogen-bond acceptors (Lipinski definition) is 5. The summed E-state index contributed by atoms with van der Waals surface area (Å²) in [5.41, 5.74) is 1.26. The number of aromatic nitrogens is 2. The number of carboxylic acids is 1. The average molecular weight is 445 g/mol. The zero-order valence-corrected chi connectivity index (χ0v) is 18.5. The Kier molecular flexibility index (Phi) is 5.99. The van der Waals surface area contributed by atoms with Crippen molar-refractivity contribution in [3.63, 3.8) is 0 Å². The molecular formula is C25H23N3O5. The van der Waals surface area contributed by atoms with Crippen molar-refractivity contribution in [1.29, 1.82) is 0 Å². The largest absolute Gasteiger partial charge is 0.496 e. The lowest BCUT2D eigenvalue weighted by molar-refractivity contribution is -0.115. The number of anilines is 1. The van der Waals surface area contributed by atoms with Gasteiger partial charge in [0, 0.05) is 11.8 Å². The summed E-state index contributed by atoms with van der Waals surface area (Å²) in [4.78, 5) is 24.6. The number of carbonyl (C=O) groups is 2. The van der Waals surface area contributed by atoms with Crippen LogP contribution in [0.4, 0.5) is 5.69 Å². The minimum atomic E-state index is -1.27. The molecule has 1 amide bonds. The number of nitrogens with zero attached hydrogens (tertiary/aromatic N) is 2. The summed E-state index contributed by atoms with van der Waals surface area (Å²) >= 11 is 0. The molecule has 0 radical (unpaired) electrons. The molecule has 4 aromatic rings. The molecule has 0 atom stereocenters. The molecule has 0 spiro atoms. The summed E-state index contributed by atoms with van der Waals surface area (Å²) in [6, 6.07) is 18.6. The topological polar surface area (TPSA) is 103 Å². The molecule has 0 unspecified atom stereocenters. The van der Waals surface area contributed by atoms with Crippen LogP contribution >= 0.6 is 0 Å². The van der Waals surface area contributed by atoms with Crippen molar-refractivity contribution < 1.29 is 24.2 Å². The van der Waals surface area contributed by atoms with Gasteiger partial charge < -0.3 is 19.9 Å². The lowest BCUT2D eigenvalue weighted by atomic mass is 10.0. The summed E-state index contributed by atoms with van der Waals surface area (Å²) in [6.45, 7) is 1.69. The van der Waals surface area contributed by atoms with Crippen molar-refractivity contribution in [1.82, 2.24) is 9.78 Å². The third-order valence-corrected chi connectivity index (χ3v) is 5.33. The van der Waals surface area contributed by atoms with Gasteiger partial charge in [0.15, 0.2) is 5.69 Å².